The van der Waals surface area contributed by atoms with E-state index in [0.29, 0.717) is 15.6 Å². The van der Waals surface area contributed by atoms with Crippen molar-refractivity contribution in [2.24, 2.45) is 0 Å². The molecule has 0 aliphatic heterocycles. The molecule has 0 radical (unpaired) electrons. The lowest BCUT2D eigenvalue weighted by molar-refractivity contribution is -0.113. The first-order valence-electron chi connectivity index (χ1n) is 8.75. The van der Waals surface area contributed by atoms with Crippen LogP contribution in [0.1, 0.15) is 52.0 Å². The molecule has 2 N–H and O–H groups in total. The normalized spacial score (nSPS) is 13.7. The third-order valence-corrected chi connectivity index (χ3v) is 6.59. The van der Waals surface area contributed by atoms with Crippen LogP contribution in [0.25, 0.3) is 0 Å². The van der Waals surface area contributed by atoms with Gasteiger partial charge in [0.25, 0.3) is 0 Å². The Kier molecular flexibility index (Phi) is 6.48. The van der Waals surface area contributed by atoms with Crippen LogP contribution in [0.3, 0.4) is 0 Å². The number of anilines is 1. The summed E-state index contributed by atoms with van der Waals surface area (Å²) in [7, 11) is 0. The third kappa shape index (κ3) is 4.67. The number of carbonyl (C=O) groups excluding carboxylic acids is 1. The van der Waals surface area contributed by atoms with Crippen molar-refractivity contribution >= 4 is 40.0 Å². The van der Waals surface area contributed by atoms with E-state index >= 15 is 0 Å². The summed E-state index contributed by atoms with van der Waals surface area (Å²) in [5, 5.41) is 22.5. The fourth-order valence-electron chi connectivity index (χ4n) is 3.09. The molecule has 27 heavy (non-hydrogen) atoms. The maximum Gasteiger partial charge on any atom is 0.338 e. The van der Waals surface area contributed by atoms with Crippen molar-refractivity contribution in [3.05, 3.63) is 39.9 Å². The van der Waals surface area contributed by atoms with Gasteiger partial charge in [0.2, 0.25) is 5.91 Å². The van der Waals surface area contributed by atoms with Gasteiger partial charge < -0.3 is 10.4 Å². The standard InChI is InChI=1S/C19H19N3O3S2/c20-10-14-12-6-3-1-2-4-8-15(12)27-18(14)22-16(23)11-26-17-13(19(24)25)7-5-9-21-17/h5,7,9H,1-4,6,8,11H2,(H,22,23)(H,24,25). The van der Waals surface area contributed by atoms with Crippen molar-refractivity contribution in [3.8, 4) is 6.07 Å². The number of thiophene rings is 1. The molecule has 1 aliphatic rings. The zero-order valence-electron chi connectivity index (χ0n) is 14.7. The molecule has 1 amide bonds. The fraction of sp³-hybridized carbons (Fsp3) is 0.368. The highest BCUT2D eigenvalue weighted by Crippen LogP contribution is 2.36. The number of rotatable bonds is 5. The Morgan fingerprint density at radius 3 is 2.81 bits per heavy atom. The molecule has 0 atom stereocenters. The second kappa shape index (κ2) is 9.02. The van der Waals surface area contributed by atoms with E-state index in [1.165, 1.54) is 41.3 Å². The monoisotopic (exact) mass is 401 g/mol. The van der Waals surface area contributed by atoms with Gasteiger partial charge in [0.1, 0.15) is 16.1 Å². The minimum Gasteiger partial charge on any atom is -0.478 e. The van der Waals surface area contributed by atoms with E-state index in [9.17, 15) is 20.0 Å². The number of pyridine rings is 1. The van der Waals surface area contributed by atoms with E-state index in [1.54, 1.807) is 6.07 Å². The molecular formula is C19H19N3O3S2. The Morgan fingerprint density at radius 1 is 1.30 bits per heavy atom. The smallest absolute Gasteiger partial charge is 0.338 e. The summed E-state index contributed by atoms with van der Waals surface area (Å²) in [5.41, 5.74) is 1.74. The minimum atomic E-state index is -1.07. The van der Waals surface area contributed by atoms with Crippen molar-refractivity contribution in [3.63, 3.8) is 0 Å². The molecule has 0 saturated heterocycles. The Morgan fingerprint density at radius 2 is 2.07 bits per heavy atom. The van der Waals surface area contributed by atoms with Gasteiger partial charge in [0.05, 0.1) is 16.9 Å². The Balaban J connectivity index is 1.71. The summed E-state index contributed by atoms with van der Waals surface area (Å²) in [6, 6.07) is 5.26. The highest BCUT2D eigenvalue weighted by molar-refractivity contribution is 8.00. The highest BCUT2D eigenvalue weighted by Gasteiger charge is 2.21. The number of aromatic nitrogens is 1. The van der Waals surface area contributed by atoms with Crippen LogP contribution in [0.15, 0.2) is 23.4 Å². The van der Waals surface area contributed by atoms with Crippen LogP contribution < -0.4 is 5.32 Å². The number of amides is 1. The molecule has 1 aliphatic carbocycles. The van der Waals surface area contributed by atoms with E-state index < -0.39 is 5.97 Å². The first kappa shape index (κ1) is 19.4. The van der Waals surface area contributed by atoms with E-state index in [0.717, 1.165) is 43.0 Å². The molecule has 8 heteroatoms. The number of carbonyl (C=O) groups is 2. The van der Waals surface area contributed by atoms with Gasteiger partial charge in [-0.15, -0.1) is 11.3 Å². The number of hydrogen-bond donors (Lipinski definition) is 2. The SMILES string of the molecule is N#Cc1c(NC(=O)CSc2ncccc2C(=O)O)sc2c1CCCCCC2. The fourth-order valence-corrected chi connectivity index (χ4v) is 5.13. The topological polar surface area (TPSA) is 103 Å². The number of hydrogen-bond acceptors (Lipinski definition) is 6. The van der Waals surface area contributed by atoms with Crippen LogP contribution in [0.5, 0.6) is 0 Å². The molecule has 2 heterocycles. The molecule has 6 nitrogen and oxygen atoms in total. The van der Waals surface area contributed by atoms with Gasteiger partial charge >= 0.3 is 5.97 Å². The zero-order valence-corrected chi connectivity index (χ0v) is 16.3. The maximum absolute atomic E-state index is 12.4. The average molecular weight is 402 g/mol. The summed E-state index contributed by atoms with van der Waals surface area (Å²) in [5.74, 6) is -1.31. The zero-order chi connectivity index (χ0) is 19.2. The van der Waals surface area contributed by atoms with Gasteiger partial charge in [0.15, 0.2) is 0 Å². The van der Waals surface area contributed by atoms with Gasteiger partial charge in [0, 0.05) is 11.1 Å². The maximum atomic E-state index is 12.4. The third-order valence-electron chi connectivity index (χ3n) is 4.38. The molecule has 0 fully saturated rings. The molecule has 0 saturated carbocycles. The predicted octanol–water partition coefficient (Wildman–Crippen LogP) is 4.10. The molecule has 0 spiro atoms. The number of nitrogens with zero attached hydrogens (tertiary/aromatic N) is 2. The van der Waals surface area contributed by atoms with E-state index in [-0.39, 0.29) is 17.2 Å². The molecule has 0 bridgehead atoms. The highest BCUT2D eigenvalue weighted by atomic mass is 32.2. The number of aromatic carboxylic acids is 1. The summed E-state index contributed by atoms with van der Waals surface area (Å²) in [6.45, 7) is 0. The molecule has 0 aromatic carbocycles. The summed E-state index contributed by atoms with van der Waals surface area (Å²) >= 11 is 2.57. The van der Waals surface area contributed by atoms with E-state index in [2.05, 4.69) is 16.4 Å². The van der Waals surface area contributed by atoms with Crippen LogP contribution in [0, 0.1) is 11.3 Å². The Labute approximate surface area is 165 Å². The predicted molar refractivity (Wildman–Crippen MR) is 105 cm³/mol. The molecular weight excluding hydrogens is 382 g/mol. The second-order valence-electron chi connectivity index (χ2n) is 6.23. The minimum absolute atomic E-state index is 0.0325. The van der Waals surface area contributed by atoms with Crippen LogP contribution in [0.4, 0.5) is 5.00 Å². The largest absolute Gasteiger partial charge is 0.478 e. The Hall–Kier alpha value is -2.37. The van der Waals surface area contributed by atoms with Gasteiger partial charge in [-0.05, 0) is 43.4 Å². The van der Waals surface area contributed by atoms with Crippen LogP contribution in [-0.4, -0.2) is 27.7 Å². The molecule has 0 unspecified atom stereocenters. The summed E-state index contributed by atoms with van der Waals surface area (Å²) < 4.78 is 0. The summed E-state index contributed by atoms with van der Waals surface area (Å²) in [6.07, 6.45) is 7.89. The molecule has 140 valence electrons. The van der Waals surface area contributed by atoms with Crippen molar-refractivity contribution in [2.75, 3.05) is 11.1 Å². The number of carboxylic acids is 1. The Bertz CT molecular complexity index is 902. The summed E-state index contributed by atoms with van der Waals surface area (Å²) in [4.78, 5) is 28.8. The van der Waals surface area contributed by atoms with Crippen LogP contribution in [-0.2, 0) is 17.6 Å². The lowest BCUT2D eigenvalue weighted by Gasteiger charge is -2.08. The van der Waals surface area contributed by atoms with Crippen molar-refractivity contribution < 1.29 is 14.7 Å². The van der Waals surface area contributed by atoms with Crippen molar-refractivity contribution in [2.45, 2.75) is 43.6 Å². The quantitative estimate of drug-likeness (QED) is 0.731. The number of aryl methyl sites for hydroxylation is 1. The van der Waals surface area contributed by atoms with Crippen molar-refractivity contribution in [1.82, 2.24) is 4.98 Å². The lowest BCUT2D eigenvalue weighted by Crippen LogP contribution is -2.14. The molecule has 2 aromatic rings. The van der Waals surface area contributed by atoms with Crippen molar-refractivity contribution in [1.29, 1.82) is 5.26 Å². The van der Waals surface area contributed by atoms with Gasteiger partial charge in [-0.2, -0.15) is 5.26 Å². The molecule has 2 aromatic heterocycles. The van der Waals surface area contributed by atoms with Crippen LogP contribution >= 0.6 is 23.1 Å². The average Bonchev–Trinajstić information content (AvgIpc) is 2.95. The number of nitrogens with one attached hydrogen (secondary N) is 1. The number of fused-ring (bicyclic) bond motifs is 1. The first-order valence-corrected chi connectivity index (χ1v) is 10.6. The first-order chi connectivity index (χ1) is 13.1. The van der Waals surface area contributed by atoms with Gasteiger partial charge in [-0.25, -0.2) is 9.78 Å². The second-order valence-corrected chi connectivity index (χ2v) is 8.30. The number of thioether (sulfide) groups is 1. The molecule has 3 rings (SSSR count). The van der Waals surface area contributed by atoms with E-state index in [1.807, 2.05) is 0 Å². The van der Waals surface area contributed by atoms with Gasteiger partial charge in [-0.3, -0.25) is 4.79 Å². The van der Waals surface area contributed by atoms with Crippen LogP contribution in [0.2, 0.25) is 0 Å². The van der Waals surface area contributed by atoms with Gasteiger partial charge in [-0.1, -0.05) is 24.6 Å². The number of carboxylic acid groups (broad SMARTS) is 1. The lowest BCUT2D eigenvalue weighted by atomic mass is 9.97. The number of nitriles is 1. The van der Waals surface area contributed by atoms with E-state index in [4.69, 9.17) is 0 Å².